The number of halogens is 1. The Morgan fingerprint density at radius 2 is 1.80 bits per heavy atom. The highest BCUT2D eigenvalue weighted by atomic mass is 35.5. The molecular weight excluding hydrogens is 265 g/mol. The lowest BCUT2D eigenvalue weighted by Crippen LogP contribution is -2.05. The predicted octanol–water partition coefficient (Wildman–Crippen LogP) is 1.55. The summed E-state index contributed by atoms with van der Waals surface area (Å²) in [7, 11) is 4.14. The van der Waals surface area contributed by atoms with E-state index >= 15 is 0 Å². The van der Waals surface area contributed by atoms with Gasteiger partial charge in [0.05, 0.1) is 0 Å². The summed E-state index contributed by atoms with van der Waals surface area (Å²) < 4.78 is 0. The number of benzene rings is 2. The molecule has 1 unspecified atom stereocenters. The average molecular weight is 278 g/mol. The minimum atomic E-state index is 0.141. The molecule has 0 spiro atoms. The summed E-state index contributed by atoms with van der Waals surface area (Å²) in [5, 5.41) is 0.705. The summed E-state index contributed by atoms with van der Waals surface area (Å²) in [6.45, 7) is 0. The van der Waals surface area contributed by atoms with Gasteiger partial charge in [0.1, 0.15) is 15.7 Å². The van der Waals surface area contributed by atoms with E-state index in [2.05, 4.69) is 21.8 Å². The number of carbonyl (C=O) groups is 1. The van der Waals surface area contributed by atoms with Gasteiger partial charge in [-0.05, 0) is 35.2 Å². The lowest BCUT2D eigenvalue weighted by Gasteiger charge is -2.06. The molecule has 0 fully saturated rings. The van der Waals surface area contributed by atoms with Crippen molar-refractivity contribution in [1.82, 2.24) is 0 Å². The van der Waals surface area contributed by atoms with Crippen molar-refractivity contribution >= 4 is 44.6 Å². The zero-order valence-electron chi connectivity index (χ0n) is 11.5. The number of Topliss-reactive ketones (excluding diaryl/α,β-unsaturated/α-hetero) is 1. The van der Waals surface area contributed by atoms with E-state index in [1.807, 2.05) is 42.5 Å². The van der Waals surface area contributed by atoms with Crippen LogP contribution < -0.4 is 5.46 Å². The Morgan fingerprint density at radius 3 is 2.50 bits per heavy atom. The maximum absolute atomic E-state index is 12.5. The second-order valence-electron chi connectivity index (χ2n) is 5.29. The van der Waals surface area contributed by atoms with Gasteiger partial charge in [-0.2, -0.15) is 0 Å². The minimum Gasteiger partial charge on any atom is -0.289 e. The Labute approximate surface area is 125 Å². The molecule has 0 bridgehead atoms. The zero-order chi connectivity index (χ0) is 14.3. The van der Waals surface area contributed by atoms with Crippen LogP contribution in [0.1, 0.15) is 27.3 Å². The van der Waals surface area contributed by atoms with Gasteiger partial charge in [0.15, 0.2) is 5.78 Å². The van der Waals surface area contributed by atoms with Crippen LogP contribution in [0.15, 0.2) is 48.0 Å². The third kappa shape index (κ3) is 2.23. The number of ketones is 1. The largest absolute Gasteiger partial charge is 0.289 e. The summed E-state index contributed by atoms with van der Waals surface area (Å²) in [5.74, 6) is 0.288. The summed E-state index contributed by atoms with van der Waals surface area (Å²) in [4.78, 5) is 12.5. The normalized spacial score (nSPS) is 19.4. The summed E-state index contributed by atoms with van der Waals surface area (Å²) >= 11 is 5.89. The Balaban J connectivity index is 2.05. The summed E-state index contributed by atoms with van der Waals surface area (Å²) in [6, 6.07) is 13.6. The van der Waals surface area contributed by atoms with Crippen LogP contribution in [-0.2, 0) is 0 Å². The fourth-order valence-corrected chi connectivity index (χ4v) is 2.82. The van der Waals surface area contributed by atoms with Crippen LogP contribution >= 0.6 is 11.6 Å². The molecule has 0 radical (unpaired) electrons. The lowest BCUT2D eigenvalue weighted by atomic mass is 9.77. The number of carbonyl (C=O) groups excluding carboxylic acids is 1. The van der Waals surface area contributed by atoms with Crippen LogP contribution in [0.3, 0.4) is 0 Å². The molecule has 0 amide bonds. The molecule has 1 aliphatic rings. The molecule has 0 saturated heterocycles. The van der Waals surface area contributed by atoms with Crippen molar-refractivity contribution in [2.45, 2.75) is 5.82 Å². The van der Waals surface area contributed by atoms with Crippen molar-refractivity contribution in [3.05, 3.63) is 69.8 Å². The summed E-state index contributed by atoms with van der Waals surface area (Å²) in [5.41, 5.74) is 5.02. The van der Waals surface area contributed by atoms with Gasteiger partial charge in [-0.15, -0.1) is 0 Å². The Bertz CT molecular complexity index is 720. The number of fused-ring (bicyclic) bond motifs is 1. The lowest BCUT2D eigenvalue weighted by molar-refractivity contribution is 0.104. The van der Waals surface area contributed by atoms with Crippen molar-refractivity contribution in [3.63, 3.8) is 0 Å². The van der Waals surface area contributed by atoms with Gasteiger partial charge in [-0.3, -0.25) is 4.79 Å². The van der Waals surface area contributed by atoms with E-state index in [0.29, 0.717) is 5.02 Å². The Hall–Kier alpha value is -1.73. The number of allylic oxidation sites excluding steroid dienone is 1. The van der Waals surface area contributed by atoms with E-state index in [9.17, 15) is 4.79 Å². The number of hydrogen-bond donors (Lipinski definition) is 0. The maximum atomic E-state index is 12.5. The monoisotopic (exact) mass is 278 g/mol. The highest BCUT2D eigenvalue weighted by Crippen LogP contribution is 2.35. The van der Waals surface area contributed by atoms with Crippen LogP contribution in [0.4, 0.5) is 0 Å². The molecule has 0 N–H and O–H groups in total. The van der Waals surface area contributed by atoms with E-state index in [4.69, 9.17) is 11.6 Å². The van der Waals surface area contributed by atoms with Crippen molar-refractivity contribution in [2.75, 3.05) is 0 Å². The SMILES string of the molecule is Bc1ccc2c(c1)C(B)/C(=C\c1ccc(Cl)cc1)C2=O. The first-order valence-electron chi connectivity index (χ1n) is 6.68. The van der Waals surface area contributed by atoms with Crippen LogP contribution in [0.2, 0.25) is 5.02 Å². The van der Waals surface area contributed by atoms with Gasteiger partial charge in [0.25, 0.3) is 0 Å². The van der Waals surface area contributed by atoms with Gasteiger partial charge in [0, 0.05) is 16.2 Å². The van der Waals surface area contributed by atoms with E-state index < -0.39 is 0 Å². The second kappa shape index (κ2) is 4.99. The smallest absolute Gasteiger partial charge is 0.189 e. The molecule has 2 aromatic rings. The fourth-order valence-electron chi connectivity index (χ4n) is 2.70. The van der Waals surface area contributed by atoms with Crippen molar-refractivity contribution in [3.8, 4) is 0 Å². The van der Waals surface area contributed by atoms with Crippen molar-refractivity contribution in [1.29, 1.82) is 0 Å². The molecular formula is C16H13B2ClO. The standard InChI is InChI=1S/C16H13B2ClO/c17-10-3-6-12-13(8-10)15(18)14(16(12)20)7-9-1-4-11(19)5-2-9/h1-8,15H,17-18H2/b14-7+. The first kappa shape index (κ1) is 13.3. The highest BCUT2D eigenvalue weighted by molar-refractivity contribution is 6.34. The van der Waals surface area contributed by atoms with E-state index in [1.54, 1.807) is 0 Å². The molecule has 0 heterocycles. The zero-order valence-corrected chi connectivity index (χ0v) is 12.2. The number of hydrogen-bond acceptors (Lipinski definition) is 1. The minimum absolute atomic E-state index is 0.141. The van der Waals surface area contributed by atoms with Crippen LogP contribution in [0, 0.1) is 0 Å². The fraction of sp³-hybridized carbons (Fsp3) is 0.0625. The van der Waals surface area contributed by atoms with Gasteiger partial charge in [-0.25, -0.2) is 0 Å². The second-order valence-corrected chi connectivity index (χ2v) is 5.73. The first-order valence-corrected chi connectivity index (χ1v) is 7.06. The molecule has 0 aliphatic heterocycles. The highest BCUT2D eigenvalue weighted by Gasteiger charge is 2.30. The van der Waals surface area contributed by atoms with Crippen molar-refractivity contribution in [2.24, 2.45) is 0 Å². The van der Waals surface area contributed by atoms with E-state index in [-0.39, 0.29) is 11.6 Å². The van der Waals surface area contributed by atoms with Gasteiger partial charge in [-0.1, -0.05) is 47.4 Å². The average Bonchev–Trinajstić information content (AvgIpc) is 2.66. The molecule has 20 heavy (non-hydrogen) atoms. The molecule has 1 aliphatic carbocycles. The quantitative estimate of drug-likeness (QED) is 0.571. The van der Waals surface area contributed by atoms with E-state index in [0.717, 1.165) is 22.3 Å². The van der Waals surface area contributed by atoms with Crippen LogP contribution in [-0.4, -0.2) is 21.5 Å². The molecule has 1 atom stereocenters. The Morgan fingerprint density at radius 1 is 1.10 bits per heavy atom. The van der Waals surface area contributed by atoms with E-state index in [1.165, 1.54) is 5.46 Å². The van der Waals surface area contributed by atoms with Crippen LogP contribution in [0.25, 0.3) is 6.08 Å². The molecule has 4 heteroatoms. The third-order valence-electron chi connectivity index (χ3n) is 3.84. The molecule has 0 aromatic heterocycles. The third-order valence-corrected chi connectivity index (χ3v) is 4.09. The topological polar surface area (TPSA) is 17.1 Å². The molecule has 96 valence electrons. The van der Waals surface area contributed by atoms with Gasteiger partial charge >= 0.3 is 0 Å². The van der Waals surface area contributed by atoms with Crippen molar-refractivity contribution < 1.29 is 4.79 Å². The molecule has 1 nitrogen and oxygen atoms in total. The summed E-state index contributed by atoms with van der Waals surface area (Å²) in [6.07, 6.45) is 1.97. The Kier molecular flexibility index (Phi) is 3.31. The molecule has 2 aromatic carbocycles. The van der Waals surface area contributed by atoms with Gasteiger partial charge in [0.2, 0.25) is 0 Å². The molecule has 0 saturated carbocycles. The van der Waals surface area contributed by atoms with Gasteiger partial charge < -0.3 is 0 Å². The number of rotatable bonds is 1. The first-order chi connectivity index (χ1) is 9.56. The molecule has 3 rings (SSSR count). The van der Waals surface area contributed by atoms with Crippen LogP contribution in [0.5, 0.6) is 0 Å². The predicted molar refractivity (Wildman–Crippen MR) is 89.7 cm³/mol. The maximum Gasteiger partial charge on any atom is 0.189 e.